The average Bonchev–Trinajstić information content (AvgIpc) is 3.58. The maximum Gasteiger partial charge on any atom is 0.174 e. The number of nitrogens with zero attached hydrogens (tertiary/aromatic N) is 3. The molecule has 2 aliphatic rings. The van der Waals surface area contributed by atoms with Crippen molar-refractivity contribution in [2.24, 2.45) is 0 Å². The van der Waals surface area contributed by atoms with E-state index in [1.165, 1.54) is 31.2 Å². The second-order valence-corrected chi connectivity index (χ2v) is 8.75. The lowest BCUT2D eigenvalue weighted by Crippen LogP contribution is -2.29. The molecule has 2 aromatic heterocycles. The van der Waals surface area contributed by atoms with E-state index in [9.17, 15) is 0 Å². The molecular weight excluding hydrogens is 420 g/mol. The molecule has 5 rings (SSSR count). The quantitative estimate of drug-likeness (QED) is 0.524. The topological polar surface area (TPSA) is 51.6 Å². The third kappa shape index (κ3) is 3.71. The second-order valence-electron chi connectivity index (χ2n) is 8.36. The molecule has 1 aliphatic carbocycles. The van der Waals surface area contributed by atoms with Crippen molar-refractivity contribution in [2.75, 3.05) is 19.1 Å². The first-order valence-electron chi connectivity index (χ1n) is 11.1. The summed E-state index contributed by atoms with van der Waals surface area (Å²) in [5.74, 6) is 1.50. The van der Waals surface area contributed by atoms with Crippen LogP contribution in [0.2, 0.25) is 0 Å². The van der Waals surface area contributed by atoms with E-state index in [1.807, 2.05) is 42.6 Å². The molecule has 0 spiro atoms. The van der Waals surface area contributed by atoms with E-state index in [1.54, 1.807) is 14.2 Å². The molecule has 1 aliphatic heterocycles. The lowest BCUT2D eigenvalue weighted by Gasteiger charge is -2.28. The van der Waals surface area contributed by atoms with Gasteiger partial charge >= 0.3 is 0 Å². The van der Waals surface area contributed by atoms with E-state index in [0.29, 0.717) is 11.2 Å². The monoisotopic (exact) mass is 448 g/mol. The van der Waals surface area contributed by atoms with E-state index in [4.69, 9.17) is 21.7 Å². The molecule has 3 heterocycles. The number of rotatable bonds is 6. The number of nitrogens with one attached hydrogen (secondary N) is 1. The Labute approximate surface area is 194 Å². The van der Waals surface area contributed by atoms with E-state index < -0.39 is 0 Å². The highest BCUT2D eigenvalue weighted by Crippen LogP contribution is 2.46. The Morgan fingerprint density at radius 1 is 1.06 bits per heavy atom. The molecule has 32 heavy (non-hydrogen) atoms. The number of hydrogen-bond acceptors (Lipinski definition) is 4. The second kappa shape index (κ2) is 8.82. The van der Waals surface area contributed by atoms with Gasteiger partial charge in [-0.2, -0.15) is 0 Å². The van der Waals surface area contributed by atoms with E-state index in [0.717, 1.165) is 22.9 Å². The Kier molecular flexibility index (Phi) is 5.74. The summed E-state index contributed by atoms with van der Waals surface area (Å²) in [6.07, 6.45) is 11.4. The number of benzene rings is 1. The summed E-state index contributed by atoms with van der Waals surface area (Å²) in [7, 11) is 3.35. The molecule has 0 bridgehead atoms. The predicted octanol–water partition coefficient (Wildman–Crippen LogP) is 5.19. The fourth-order valence-electron chi connectivity index (χ4n) is 4.97. The van der Waals surface area contributed by atoms with E-state index >= 15 is 0 Å². The smallest absolute Gasteiger partial charge is 0.174 e. The summed E-state index contributed by atoms with van der Waals surface area (Å²) in [6, 6.07) is 14.4. The van der Waals surface area contributed by atoms with Crippen LogP contribution in [0.15, 0.2) is 61.1 Å². The standard InChI is InChI=1S/C25H28N4O2S/c1-30-19-10-11-22(31-2)21(15-19)29-24(17-12-14-28(16-17)18-7-3-4-8-18)23(27-25(29)32)20-9-5-6-13-26-20/h5-6,9-16,18,23-24H,3-4,7-8H2,1-2H3,(H,27,32)/t23-,24+/m0/s1. The fraction of sp³-hybridized carbons (Fsp3) is 0.360. The normalized spacial score (nSPS) is 21.1. The van der Waals surface area contributed by atoms with Crippen LogP contribution in [0.4, 0.5) is 5.69 Å². The minimum Gasteiger partial charge on any atom is -0.497 e. The molecule has 166 valence electrons. The van der Waals surface area contributed by atoms with Crippen LogP contribution in [0.3, 0.4) is 0 Å². The van der Waals surface area contributed by atoms with Crippen molar-refractivity contribution in [3.63, 3.8) is 0 Å². The average molecular weight is 449 g/mol. The van der Waals surface area contributed by atoms with Crippen molar-refractivity contribution in [1.82, 2.24) is 14.9 Å². The summed E-state index contributed by atoms with van der Waals surface area (Å²) in [5.41, 5.74) is 3.03. The van der Waals surface area contributed by atoms with Crippen LogP contribution in [0.5, 0.6) is 11.5 Å². The maximum absolute atomic E-state index is 5.86. The van der Waals surface area contributed by atoms with Crippen LogP contribution in [-0.2, 0) is 0 Å². The summed E-state index contributed by atoms with van der Waals surface area (Å²) >= 11 is 5.86. The molecule has 7 heteroatoms. The van der Waals surface area contributed by atoms with Crippen LogP contribution in [0.1, 0.15) is 55.1 Å². The number of thiocarbonyl (C=S) groups is 1. The third-order valence-electron chi connectivity index (χ3n) is 6.57. The lowest BCUT2D eigenvalue weighted by atomic mass is 9.98. The highest BCUT2D eigenvalue weighted by molar-refractivity contribution is 7.80. The van der Waals surface area contributed by atoms with Crippen molar-refractivity contribution in [1.29, 1.82) is 0 Å². The fourth-order valence-corrected chi connectivity index (χ4v) is 5.31. The van der Waals surface area contributed by atoms with Crippen molar-refractivity contribution in [3.05, 3.63) is 72.3 Å². The Morgan fingerprint density at radius 3 is 2.62 bits per heavy atom. The van der Waals surface area contributed by atoms with Crippen molar-refractivity contribution >= 4 is 23.0 Å². The lowest BCUT2D eigenvalue weighted by molar-refractivity contribution is 0.403. The molecule has 3 aromatic rings. The molecule has 2 fully saturated rings. The van der Waals surface area contributed by atoms with Gasteiger partial charge in [0.25, 0.3) is 0 Å². The zero-order valence-corrected chi connectivity index (χ0v) is 19.2. The highest BCUT2D eigenvalue weighted by Gasteiger charge is 2.42. The van der Waals surface area contributed by atoms with Gasteiger partial charge in [-0.05, 0) is 61.0 Å². The molecule has 2 atom stereocenters. The van der Waals surface area contributed by atoms with Gasteiger partial charge in [0.05, 0.1) is 37.7 Å². The van der Waals surface area contributed by atoms with Crippen molar-refractivity contribution in [3.8, 4) is 11.5 Å². The Bertz CT molecular complexity index is 1090. The van der Waals surface area contributed by atoms with Gasteiger partial charge in [0.15, 0.2) is 5.11 Å². The number of pyridine rings is 1. The molecule has 0 radical (unpaired) electrons. The van der Waals surface area contributed by atoms with Crippen LogP contribution in [-0.4, -0.2) is 28.9 Å². The molecule has 1 saturated heterocycles. The first kappa shape index (κ1) is 20.8. The SMILES string of the molecule is COc1ccc(OC)c(N2C(=S)N[C@@H](c3ccccn3)[C@H]2c2ccn(C3CCCC3)c2)c1. The zero-order chi connectivity index (χ0) is 22.1. The number of ether oxygens (including phenoxy) is 2. The Morgan fingerprint density at radius 2 is 1.91 bits per heavy atom. The van der Waals surface area contributed by atoms with E-state index in [2.05, 4.69) is 38.2 Å². The molecular formula is C25H28N4O2S. The molecule has 1 aromatic carbocycles. The van der Waals surface area contributed by atoms with Gasteiger partial charge in [-0.1, -0.05) is 18.9 Å². The highest BCUT2D eigenvalue weighted by atomic mass is 32.1. The van der Waals surface area contributed by atoms with Gasteiger partial charge in [0.1, 0.15) is 11.5 Å². The van der Waals surface area contributed by atoms with Gasteiger partial charge in [0, 0.05) is 30.7 Å². The first-order chi connectivity index (χ1) is 15.7. The van der Waals surface area contributed by atoms with Crippen LogP contribution >= 0.6 is 12.2 Å². The number of methoxy groups -OCH3 is 2. The van der Waals surface area contributed by atoms with Crippen LogP contribution in [0, 0.1) is 0 Å². The largest absolute Gasteiger partial charge is 0.497 e. The van der Waals surface area contributed by atoms with Gasteiger partial charge in [-0.3, -0.25) is 4.98 Å². The van der Waals surface area contributed by atoms with Gasteiger partial charge in [0.2, 0.25) is 0 Å². The van der Waals surface area contributed by atoms with E-state index in [-0.39, 0.29) is 12.1 Å². The molecule has 0 amide bonds. The minimum atomic E-state index is -0.0842. The molecule has 0 unspecified atom stereocenters. The predicted molar refractivity (Wildman–Crippen MR) is 129 cm³/mol. The first-order valence-corrected chi connectivity index (χ1v) is 11.5. The van der Waals surface area contributed by atoms with Crippen LogP contribution in [0.25, 0.3) is 0 Å². The zero-order valence-electron chi connectivity index (χ0n) is 18.4. The van der Waals surface area contributed by atoms with Gasteiger partial charge in [-0.15, -0.1) is 0 Å². The summed E-state index contributed by atoms with van der Waals surface area (Å²) < 4.78 is 13.6. The summed E-state index contributed by atoms with van der Waals surface area (Å²) in [5, 5.41) is 4.17. The molecule has 6 nitrogen and oxygen atoms in total. The Hall–Kier alpha value is -3.06. The Balaban J connectivity index is 1.61. The van der Waals surface area contributed by atoms with Gasteiger partial charge < -0.3 is 24.3 Å². The molecule has 1 saturated carbocycles. The molecule has 1 N–H and O–H groups in total. The number of aromatic nitrogens is 2. The summed E-state index contributed by atoms with van der Waals surface area (Å²) in [6.45, 7) is 0. The number of hydrogen-bond donors (Lipinski definition) is 1. The van der Waals surface area contributed by atoms with Gasteiger partial charge in [-0.25, -0.2) is 0 Å². The van der Waals surface area contributed by atoms with Crippen molar-refractivity contribution < 1.29 is 9.47 Å². The maximum atomic E-state index is 5.86. The van der Waals surface area contributed by atoms with Crippen LogP contribution < -0.4 is 19.7 Å². The summed E-state index contributed by atoms with van der Waals surface area (Å²) in [4.78, 5) is 6.79. The third-order valence-corrected chi connectivity index (χ3v) is 6.88. The van der Waals surface area contributed by atoms with Crippen molar-refractivity contribution in [2.45, 2.75) is 43.8 Å². The minimum absolute atomic E-state index is 0.0685. The number of anilines is 1.